The number of hydrogen-bond donors (Lipinski definition) is 3. The first-order valence-corrected chi connectivity index (χ1v) is 11.8. The number of carbonyl (C=O) groups is 2. The number of halogens is 1. The molecule has 2 amide bonds. The lowest BCUT2D eigenvalue weighted by Gasteiger charge is -2.19. The van der Waals surface area contributed by atoms with Gasteiger partial charge in [0.1, 0.15) is 4.88 Å². The Hall–Kier alpha value is -2.48. The molecule has 0 saturated heterocycles. The Kier molecular flexibility index (Phi) is 7.22. The Balaban J connectivity index is 1.78. The summed E-state index contributed by atoms with van der Waals surface area (Å²) in [5.74, 6) is -0.127. The molecular weight excluding hydrogens is 462 g/mol. The van der Waals surface area contributed by atoms with E-state index in [-0.39, 0.29) is 22.5 Å². The average Bonchev–Trinajstić information content (AvgIpc) is 3.04. The second-order valence-electron chi connectivity index (χ2n) is 8.82. The van der Waals surface area contributed by atoms with Crippen molar-refractivity contribution in [3.8, 4) is 0 Å². The molecule has 1 aromatic heterocycles. The van der Waals surface area contributed by atoms with Crippen LogP contribution in [-0.2, 0) is 0 Å². The van der Waals surface area contributed by atoms with E-state index in [1.165, 1.54) is 11.3 Å². The molecule has 0 aliphatic rings. The molecule has 0 radical (unpaired) electrons. The van der Waals surface area contributed by atoms with Gasteiger partial charge in [0.05, 0.1) is 15.4 Å². The number of carbonyl (C=O) groups excluding carboxylic acids is 2. The molecule has 0 bridgehead atoms. The number of nitrogens with one attached hydrogen (secondary N) is 3. The first kappa shape index (κ1) is 24.2. The fraction of sp³-hybridized carbons (Fsp3) is 0.292. The summed E-state index contributed by atoms with van der Waals surface area (Å²) in [7, 11) is 0. The van der Waals surface area contributed by atoms with Crippen LogP contribution in [0.1, 0.15) is 66.1 Å². The van der Waals surface area contributed by atoms with Gasteiger partial charge < -0.3 is 10.6 Å². The summed E-state index contributed by atoms with van der Waals surface area (Å²) < 4.78 is 0.787. The summed E-state index contributed by atoms with van der Waals surface area (Å²) in [5, 5.41) is 10.0. The second-order valence-corrected chi connectivity index (χ2v) is 10.6. The van der Waals surface area contributed by atoms with Crippen LogP contribution in [0.15, 0.2) is 42.5 Å². The number of fused-ring (bicyclic) bond motifs is 1. The van der Waals surface area contributed by atoms with Crippen LogP contribution >= 0.6 is 35.2 Å². The molecule has 2 aromatic carbocycles. The van der Waals surface area contributed by atoms with Gasteiger partial charge in [-0.3, -0.25) is 14.9 Å². The smallest absolute Gasteiger partial charge is 0.263 e. The van der Waals surface area contributed by atoms with Crippen molar-refractivity contribution in [2.45, 2.75) is 46.1 Å². The standard InChI is InChI=1S/C24H26ClN3O2S2/c1-13(2)14-9-11-15(12-10-14)21(29)27-23(31)26-17-8-6-7-16-18(25)20(32-19(16)17)22(30)28-24(3,4)5/h6-13H,1-5H3,(H,28,30)(H2,26,27,29,31). The summed E-state index contributed by atoms with van der Waals surface area (Å²) in [6.45, 7) is 9.94. The third kappa shape index (κ3) is 5.65. The van der Waals surface area contributed by atoms with Gasteiger partial charge in [0, 0.05) is 16.5 Å². The number of hydrogen-bond acceptors (Lipinski definition) is 4. The Bertz CT molecular complexity index is 1180. The largest absolute Gasteiger partial charge is 0.347 e. The lowest BCUT2D eigenvalue weighted by Crippen LogP contribution is -2.40. The molecule has 168 valence electrons. The summed E-state index contributed by atoms with van der Waals surface area (Å²) in [4.78, 5) is 25.7. The molecule has 0 unspecified atom stereocenters. The van der Waals surface area contributed by atoms with E-state index >= 15 is 0 Å². The van der Waals surface area contributed by atoms with Crippen molar-refractivity contribution in [3.05, 3.63) is 63.5 Å². The highest BCUT2D eigenvalue weighted by molar-refractivity contribution is 7.80. The molecule has 3 aromatic rings. The van der Waals surface area contributed by atoms with Crippen LogP contribution in [0.3, 0.4) is 0 Å². The SMILES string of the molecule is CC(C)c1ccc(C(=O)NC(=S)Nc2cccc3c(Cl)c(C(=O)NC(C)(C)C)sc23)cc1. The first-order chi connectivity index (χ1) is 15.0. The van der Waals surface area contributed by atoms with E-state index < -0.39 is 0 Å². The first-order valence-electron chi connectivity index (χ1n) is 10.2. The van der Waals surface area contributed by atoms with Crippen molar-refractivity contribution in [1.82, 2.24) is 10.6 Å². The second kappa shape index (κ2) is 9.57. The van der Waals surface area contributed by atoms with Gasteiger partial charge in [0.2, 0.25) is 0 Å². The quantitative estimate of drug-likeness (QED) is 0.376. The van der Waals surface area contributed by atoms with Crippen LogP contribution in [-0.4, -0.2) is 22.5 Å². The molecule has 5 nitrogen and oxygen atoms in total. The van der Waals surface area contributed by atoms with Crippen LogP contribution in [0, 0.1) is 0 Å². The molecule has 8 heteroatoms. The van der Waals surface area contributed by atoms with Gasteiger partial charge in [-0.1, -0.05) is 49.7 Å². The van der Waals surface area contributed by atoms with E-state index in [1.807, 2.05) is 51.1 Å². The Morgan fingerprint density at radius 2 is 1.69 bits per heavy atom. The van der Waals surface area contributed by atoms with Crippen molar-refractivity contribution in [2.75, 3.05) is 5.32 Å². The molecule has 32 heavy (non-hydrogen) atoms. The number of anilines is 1. The highest BCUT2D eigenvalue weighted by Gasteiger charge is 2.22. The fourth-order valence-corrected chi connectivity index (χ4v) is 4.75. The summed E-state index contributed by atoms with van der Waals surface area (Å²) >= 11 is 13.1. The fourth-order valence-electron chi connectivity index (χ4n) is 3.08. The highest BCUT2D eigenvalue weighted by Crippen LogP contribution is 2.39. The van der Waals surface area contributed by atoms with Gasteiger partial charge in [0.15, 0.2) is 5.11 Å². The summed E-state index contributed by atoms with van der Waals surface area (Å²) in [6, 6.07) is 13.0. The van der Waals surface area contributed by atoms with E-state index in [1.54, 1.807) is 12.1 Å². The topological polar surface area (TPSA) is 70.2 Å². The summed E-state index contributed by atoms with van der Waals surface area (Å²) in [5.41, 5.74) is 1.98. The highest BCUT2D eigenvalue weighted by atomic mass is 35.5. The Labute approximate surface area is 202 Å². The number of thiocarbonyl (C=S) groups is 1. The normalized spacial score (nSPS) is 11.5. The van der Waals surface area contributed by atoms with E-state index in [0.717, 1.165) is 15.6 Å². The van der Waals surface area contributed by atoms with Gasteiger partial charge in [-0.25, -0.2) is 0 Å². The predicted molar refractivity (Wildman–Crippen MR) is 138 cm³/mol. The van der Waals surface area contributed by atoms with Gasteiger partial charge in [-0.15, -0.1) is 11.3 Å². The van der Waals surface area contributed by atoms with Crippen molar-refractivity contribution >= 4 is 67.9 Å². The maximum Gasteiger partial charge on any atom is 0.263 e. The maximum atomic E-state index is 12.7. The molecule has 3 rings (SSSR count). The lowest BCUT2D eigenvalue weighted by atomic mass is 10.0. The van der Waals surface area contributed by atoms with E-state index in [2.05, 4.69) is 29.8 Å². The molecule has 0 aliphatic carbocycles. The molecule has 0 atom stereocenters. The van der Waals surface area contributed by atoms with Crippen molar-refractivity contribution in [3.63, 3.8) is 0 Å². The maximum absolute atomic E-state index is 12.7. The third-order valence-electron chi connectivity index (χ3n) is 4.66. The zero-order valence-electron chi connectivity index (χ0n) is 18.6. The van der Waals surface area contributed by atoms with E-state index in [0.29, 0.717) is 27.1 Å². The molecule has 0 spiro atoms. The van der Waals surface area contributed by atoms with Crippen molar-refractivity contribution in [1.29, 1.82) is 0 Å². The van der Waals surface area contributed by atoms with Gasteiger partial charge >= 0.3 is 0 Å². The van der Waals surface area contributed by atoms with Crippen LogP contribution in [0.25, 0.3) is 10.1 Å². The van der Waals surface area contributed by atoms with Crippen molar-refractivity contribution in [2.24, 2.45) is 0 Å². The predicted octanol–water partition coefficient (Wildman–Crippen LogP) is 6.33. The number of amides is 2. The van der Waals surface area contributed by atoms with Gasteiger partial charge in [0.25, 0.3) is 11.8 Å². The van der Waals surface area contributed by atoms with Gasteiger partial charge in [-0.2, -0.15) is 0 Å². The number of benzene rings is 2. The van der Waals surface area contributed by atoms with Gasteiger partial charge in [-0.05, 0) is 62.7 Å². The summed E-state index contributed by atoms with van der Waals surface area (Å²) in [6.07, 6.45) is 0. The molecule has 3 N–H and O–H groups in total. The number of thiophene rings is 1. The van der Waals surface area contributed by atoms with E-state index in [4.69, 9.17) is 23.8 Å². The molecular formula is C24H26ClN3O2S2. The van der Waals surface area contributed by atoms with Crippen molar-refractivity contribution < 1.29 is 9.59 Å². The number of rotatable bonds is 4. The molecule has 0 saturated carbocycles. The van der Waals surface area contributed by atoms with Crippen LogP contribution in [0.4, 0.5) is 5.69 Å². The minimum atomic E-state index is -0.378. The molecule has 1 heterocycles. The van der Waals surface area contributed by atoms with Crippen LogP contribution < -0.4 is 16.0 Å². The monoisotopic (exact) mass is 487 g/mol. The minimum absolute atomic E-state index is 0.167. The Morgan fingerprint density at radius 3 is 2.28 bits per heavy atom. The zero-order chi connectivity index (χ0) is 23.6. The van der Waals surface area contributed by atoms with Crippen LogP contribution in [0.5, 0.6) is 0 Å². The molecule has 0 fully saturated rings. The third-order valence-corrected chi connectivity index (χ3v) is 6.61. The average molecular weight is 488 g/mol. The lowest BCUT2D eigenvalue weighted by molar-refractivity contribution is 0.0922. The zero-order valence-corrected chi connectivity index (χ0v) is 21.0. The van der Waals surface area contributed by atoms with Crippen LogP contribution in [0.2, 0.25) is 5.02 Å². The molecule has 0 aliphatic heterocycles. The Morgan fingerprint density at radius 1 is 1.03 bits per heavy atom. The minimum Gasteiger partial charge on any atom is -0.347 e. The van der Waals surface area contributed by atoms with E-state index in [9.17, 15) is 9.59 Å².